The maximum Gasteiger partial charge on any atom is 0.224 e. The number of hydrogen-bond donors (Lipinski definition) is 0. The van der Waals surface area contributed by atoms with Crippen LogP contribution in [0.3, 0.4) is 0 Å². The minimum absolute atomic E-state index is 0.318. The van der Waals surface area contributed by atoms with Crippen LogP contribution in [0.5, 0.6) is 0 Å². The molecule has 0 amide bonds. The van der Waals surface area contributed by atoms with E-state index in [0.29, 0.717) is 5.28 Å². The van der Waals surface area contributed by atoms with Crippen LogP contribution in [-0.4, -0.2) is 14.5 Å². The zero-order valence-electron chi connectivity index (χ0n) is 8.78. The van der Waals surface area contributed by atoms with E-state index in [1.807, 2.05) is 12.3 Å². The number of rotatable bonds is 4. The smallest absolute Gasteiger partial charge is 0.224 e. The Morgan fingerprint density at radius 2 is 2.27 bits per heavy atom. The second-order valence-electron chi connectivity index (χ2n) is 3.63. The van der Waals surface area contributed by atoms with Crippen LogP contribution in [0.15, 0.2) is 18.5 Å². The molecule has 80 valence electrons. The first-order valence-corrected chi connectivity index (χ1v) is 5.66. The number of unbranched alkanes of at least 4 members (excludes halogenated alkanes) is 2. The molecular formula is C11H14ClN3. The van der Waals surface area contributed by atoms with Gasteiger partial charge >= 0.3 is 0 Å². The minimum atomic E-state index is 0.318. The predicted molar refractivity (Wildman–Crippen MR) is 62.1 cm³/mol. The highest BCUT2D eigenvalue weighted by atomic mass is 35.5. The van der Waals surface area contributed by atoms with Gasteiger partial charge in [0.1, 0.15) is 5.65 Å². The quantitative estimate of drug-likeness (QED) is 0.588. The highest BCUT2D eigenvalue weighted by Crippen LogP contribution is 2.15. The van der Waals surface area contributed by atoms with Crippen molar-refractivity contribution in [3.8, 4) is 0 Å². The van der Waals surface area contributed by atoms with Crippen molar-refractivity contribution in [3.63, 3.8) is 0 Å². The largest absolute Gasteiger partial charge is 0.332 e. The maximum atomic E-state index is 5.77. The van der Waals surface area contributed by atoms with Crippen molar-refractivity contribution in [2.24, 2.45) is 0 Å². The number of fused-ring (bicyclic) bond motifs is 1. The van der Waals surface area contributed by atoms with E-state index in [9.17, 15) is 0 Å². The number of nitrogens with zero attached hydrogens (tertiary/aromatic N) is 3. The molecule has 0 N–H and O–H groups in total. The Bertz CT molecular complexity index is 450. The van der Waals surface area contributed by atoms with Gasteiger partial charge in [-0.3, -0.25) is 0 Å². The second-order valence-corrected chi connectivity index (χ2v) is 3.97. The van der Waals surface area contributed by atoms with Crippen molar-refractivity contribution < 1.29 is 0 Å². The molecule has 2 heterocycles. The molecule has 0 saturated heterocycles. The van der Waals surface area contributed by atoms with Gasteiger partial charge in [0.05, 0.1) is 0 Å². The van der Waals surface area contributed by atoms with Gasteiger partial charge in [0.15, 0.2) is 0 Å². The van der Waals surface area contributed by atoms with Crippen molar-refractivity contribution >= 4 is 22.6 Å². The van der Waals surface area contributed by atoms with Crippen molar-refractivity contribution in [3.05, 3.63) is 23.7 Å². The summed E-state index contributed by atoms with van der Waals surface area (Å²) in [7, 11) is 0. The van der Waals surface area contributed by atoms with E-state index >= 15 is 0 Å². The molecule has 0 aliphatic heterocycles. The van der Waals surface area contributed by atoms with Crippen LogP contribution in [0.2, 0.25) is 5.28 Å². The first-order valence-electron chi connectivity index (χ1n) is 5.28. The zero-order valence-corrected chi connectivity index (χ0v) is 9.54. The van der Waals surface area contributed by atoms with Crippen LogP contribution in [0, 0.1) is 0 Å². The third-order valence-corrected chi connectivity index (χ3v) is 2.66. The lowest BCUT2D eigenvalue weighted by Crippen LogP contribution is -1.97. The molecule has 2 rings (SSSR count). The summed E-state index contributed by atoms with van der Waals surface area (Å²) < 4.78 is 2.14. The fourth-order valence-corrected chi connectivity index (χ4v) is 1.79. The molecule has 0 atom stereocenters. The highest BCUT2D eigenvalue weighted by molar-refractivity contribution is 6.28. The summed E-state index contributed by atoms with van der Waals surface area (Å²) in [6, 6.07) is 2.03. The average Bonchev–Trinajstić information content (AvgIpc) is 2.62. The molecule has 0 aliphatic rings. The van der Waals surface area contributed by atoms with Crippen LogP contribution < -0.4 is 0 Å². The lowest BCUT2D eigenvalue weighted by Gasteiger charge is -2.03. The van der Waals surface area contributed by atoms with E-state index in [4.69, 9.17) is 11.6 Å². The monoisotopic (exact) mass is 223 g/mol. The molecular weight excluding hydrogens is 210 g/mol. The third-order valence-electron chi connectivity index (χ3n) is 2.48. The lowest BCUT2D eigenvalue weighted by atomic mass is 10.2. The minimum Gasteiger partial charge on any atom is -0.332 e. The van der Waals surface area contributed by atoms with E-state index in [2.05, 4.69) is 21.5 Å². The number of aryl methyl sites for hydroxylation is 1. The van der Waals surface area contributed by atoms with Gasteiger partial charge in [0.25, 0.3) is 0 Å². The van der Waals surface area contributed by atoms with E-state index in [-0.39, 0.29) is 0 Å². The molecule has 0 spiro atoms. The number of aromatic nitrogens is 3. The molecule has 0 unspecified atom stereocenters. The lowest BCUT2D eigenvalue weighted by molar-refractivity contribution is 0.613. The van der Waals surface area contributed by atoms with Crippen LogP contribution >= 0.6 is 11.6 Å². The summed E-state index contributed by atoms with van der Waals surface area (Å²) in [6.45, 7) is 3.21. The maximum absolute atomic E-state index is 5.77. The first-order chi connectivity index (χ1) is 7.31. The SMILES string of the molecule is CCCCCn1ccc2cnc(Cl)nc21. The van der Waals surface area contributed by atoms with Crippen molar-refractivity contribution in [2.75, 3.05) is 0 Å². The van der Waals surface area contributed by atoms with E-state index in [1.54, 1.807) is 6.20 Å². The normalized spacial score (nSPS) is 11.1. The molecule has 2 aromatic rings. The Labute approximate surface area is 94.1 Å². The Hall–Kier alpha value is -1.09. The fourth-order valence-electron chi connectivity index (χ4n) is 1.66. The van der Waals surface area contributed by atoms with Gasteiger partial charge in [-0.25, -0.2) is 4.98 Å². The number of hydrogen-bond acceptors (Lipinski definition) is 2. The van der Waals surface area contributed by atoms with Gasteiger partial charge in [-0.05, 0) is 24.1 Å². The summed E-state index contributed by atoms with van der Waals surface area (Å²) in [5.41, 5.74) is 0.936. The Morgan fingerprint density at radius 1 is 1.40 bits per heavy atom. The summed E-state index contributed by atoms with van der Waals surface area (Å²) >= 11 is 5.77. The van der Waals surface area contributed by atoms with E-state index < -0.39 is 0 Å². The molecule has 0 aliphatic carbocycles. The van der Waals surface area contributed by atoms with Crippen molar-refractivity contribution in [1.82, 2.24) is 14.5 Å². The van der Waals surface area contributed by atoms with Gasteiger partial charge in [-0.15, -0.1) is 0 Å². The Kier molecular flexibility index (Phi) is 3.21. The Morgan fingerprint density at radius 3 is 3.07 bits per heavy atom. The average molecular weight is 224 g/mol. The van der Waals surface area contributed by atoms with Crippen LogP contribution in [-0.2, 0) is 6.54 Å². The van der Waals surface area contributed by atoms with Gasteiger partial charge in [0, 0.05) is 24.3 Å². The predicted octanol–water partition coefficient (Wildman–Crippen LogP) is 3.27. The standard InChI is InChI=1S/C11H14ClN3/c1-2-3-4-6-15-7-5-9-8-13-11(12)14-10(9)15/h5,7-8H,2-4,6H2,1H3. The first kappa shape index (κ1) is 10.4. The number of halogens is 1. The van der Waals surface area contributed by atoms with E-state index in [1.165, 1.54) is 19.3 Å². The summed E-state index contributed by atoms with van der Waals surface area (Å²) in [5.74, 6) is 0. The topological polar surface area (TPSA) is 30.7 Å². The second kappa shape index (κ2) is 4.62. The summed E-state index contributed by atoms with van der Waals surface area (Å²) in [6.07, 6.45) is 7.47. The van der Waals surface area contributed by atoms with Crippen LogP contribution in [0.4, 0.5) is 0 Å². The van der Waals surface area contributed by atoms with Crippen LogP contribution in [0.25, 0.3) is 11.0 Å². The van der Waals surface area contributed by atoms with E-state index in [0.717, 1.165) is 17.6 Å². The Balaban J connectivity index is 2.23. The molecule has 0 fully saturated rings. The van der Waals surface area contributed by atoms with Gasteiger partial charge in [0.2, 0.25) is 5.28 Å². The molecule has 2 aromatic heterocycles. The van der Waals surface area contributed by atoms with Gasteiger partial charge in [-0.1, -0.05) is 19.8 Å². The van der Waals surface area contributed by atoms with Crippen molar-refractivity contribution in [2.45, 2.75) is 32.7 Å². The summed E-state index contributed by atoms with van der Waals surface area (Å²) in [5, 5.41) is 1.37. The van der Waals surface area contributed by atoms with Gasteiger partial charge in [-0.2, -0.15) is 4.98 Å². The molecule has 15 heavy (non-hydrogen) atoms. The fraction of sp³-hybridized carbons (Fsp3) is 0.455. The third kappa shape index (κ3) is 2.29. The molecule has 0 bridgehead atoms. The molecule has 0 radical (unpaired) electrons. The van der Waals surface area contributed by atoms with Crippen molar-refractivity contribution in [1.29, 1.82) is 0 Å². The van der Waals surface area contributed by atoms with Crippen LogP contribution in [0.1, 0.15) is 26.2 Å². The zero-order chi connectivity index (χ0) is 10.7. The highest BCUT2D eigenvalue weighted by Gasteiger charge is 2.03. The molecule has 0 aromatic carbocycles. The summed E-state index contributed by atoms with van der Waals surface area (Å²) in [4.78, 5) is 8.19. The van der Waals surface area contributed by atoms with Gasteiger partial charge < -0.3 is 4.57 Å². The molecule has 3 nitrogen and oxygen atoms in total. The molecule has 4 heteroatoms. The molecule has 0 saturated carbocycles.